The number of nitrogens with zero attached hydrogens (tertiary/aromatic N) is 1. The average Bonchev–Trinajstić information content (AvgIpc) is 2.62. The van der Waals surface area contributed by atoms with Gasteiger partial charge in [0.25, 0.3) is 0 Å². The Morgan fingerprint density at radius 3 is 2.50 bits per heavy atom. The topological polar surface area (TPSA) is 51.2 Å². The summed E-state index contributed by atoms with van der Waals surface area (Å²) in [6.07, 6.45) is 3.17. The van der Waals surface area contributed by atoms with Crippen LogP contribution >= 0.6 is 0 Å². The van der Waals surface area contributed by atoms with E-state index in [1.54, 1.807) is 6.20 Å². The van der Waals surface area contributed by atoms with E-state index in [1.807, 2.05) is 48.5 Å². The summed E-state index contributed by atoms with van der Waals surface area (Å²) in [4.78, 5) is 17.2. The molecule has 3 rings (SSSR count). The summed E-state index contributed by atoms with van der Waals surface area (Å²) in [6.45, 7) is 1.69. The fourth-order valence-corrected chi connectivity index (χ4v) is 2.97. The largest absolute Gasteiger partial charge is 0.381 e. The highest BCUT2D eigenvalue weighted by Gasteiger charge is 2.41. The van der Waals surface area contributed by atoms with E-state index in [4.69, 9.17) is 4.74 Å². The molecule has 22 heavy (non-hydrogen) atoms. The highest BCUT2D eigenvalue weighted by Crippen LogP contribution is 2.35. The Balaban J connectivity index is 1.79. The van der Waals surface area contributed by atoms with Crippen molar-refractivity contribution >= 4 is 5.91 Å². The van der Waals surface area contributed by atoms with Gasteiger partial charge in [0, 0.05) is 19.4 Å². The van der Waals surface area contributed by atoms with E-state index in [-0.39, 0.29) is 5.91 Å². The van der Waals surface area contributed by atoms with E-state index >= 15 is 0 Å². The maximum Gasteiger partial charge on any atom is 0.231 e. The molecule has 4 nitrogen and oxygen atoms in total. The summed E-state index contributed by atoms with van der Waals surface area (Å²) in [5.41, 5.74) is 1.44. The van der Waals surface area contributed by atoms with Crippen molar-refractivity contribution in [1.82, 2.24) is 10.3 Å². The normalized spacial score (nSPS) is 16.9. The summed E-state index contributed by atoms with van der Waals surface area (Å²) < 4.78 is 5.47. The molecule has 0 bridgehead atoms. The second-order valence-electron chi connectivity index (χ2n) is 5.56. The number of carbonyl (C=O) groups excluding carboxylic acids is 1. The second kappa shape index (κ2) is 6.71. The van der Waals surface area contributed by atoms with Crippen molar-refractivity contribution < 1.29 is 9.53 Å². The van der Waals surface area contributed by atoms with Gasteiger partial charge in [-0.05, 0) is 30.5 Å². The Hall–Kier alpha value is -2.20. The van der Waals surface area contributed by atoms with Crippen LogP contribution in [0.5, 0.6) is 0 Å². The number of ether oxygens (including phenoxy) is 1. The van der Waals surface area contributed by atoms with Crippen LogP contribution in [0.15, 0.2) is 54.7 Å². The lowest BCUT2D eigenvalue weighted by atomic mass is 9.73. The summed E-state index contributed by atoms with van der Waals surface area (Å²) >= 11 is 0. The van der Waals surface area contributed by atoms with Gasteiger partial charge in [-0.15, -0.1) is 0 Å². The Morgan fingerprint density at radius 1 is 1.09 bits per heavy atom. The van der Waals surface area contributed by atoms with Crippen LogP contribution in [-0.2, 0) is 21.5 Å². The maximum absolute atomic E-state index is 12.9. The molecule has 1 saturated heterocycles. The molecule has 0 atom stereocenters. The van der Waals surface area contributed by atoms with E-state index in [0.717, 1.165) is 11.3 Å². The third-order valence-corrected chi connectivity index (χ3v) is 4.26. The fraction of sp³-hybridized carbons (Fsp3) is 0.333. The summed E-state index contributed by atoms with van der Waals surface area (Å²) in [5.74, 6) is 0.0626. The van der Waals surface area contributed by atoms with Crippen molar-refractivity contribution in [3.8, 4) is 0 Å². The monoisotopic (exact) mass is 296 g/mol. The number of amides is 1. The molecule has 4 heteroatoms. The van der Waals surface area contributed by atoms with Gasteiger partial charge in [0.2, 0.25) is 5.91 Å². The molecule has 2 aromatic rings. The second-order valence-corrected chi connectivity index (χ2v) is 5.56. The number of hydrogen-bond acceptors (Lipinski definition) is 3. The van der Waals surface area contributed by atoms with Gasteiger partial charge in [-0.1, -0.05) is 36.4 Å². The SMILES string of the molecule is O=C(NCc1ccccn1)C1(c2ccccc2)CCOCC1. The van der Waals surface area contributed by atoms with Crippen LogP contribution in [0.1, 0.15) is 24.1 Å². The van der Waals surface area contributed by atoms with Crippen molar-refractivity contribution in [2.45, 2.75) is 24.8 Å². The summed E-state index contributed by atoms with van der Waals surface area (Å²) in [5, 5.41) is 3.05. The molecule has 1 aliphatic rings. The summed E-state index contributed by atoms with van der Waals surface area (Å²) in [6, 6.07) is 15.7. The number of carbonyl (C=O) groups is 1. The van der Waals surface area contributed by atoms with Crippen LogP contribution in [0.25, 0.3) is 0 Å². The van der Waals surface area contributed by atoms with Gasteiger partial charge in [-0.25, -0.2) is 0 Å². The lowest BCUT2D eigenvalue weighted by Crippen LogP contribution is -2.47. The molecule has 0 aliphatic carbocycles. The Kier molecular flexibility index (Phi) is 4.49. The van der Waals surface area contributed by atoms with Crippen molar-refractivity contribution in [2.75, 3.05) is 13.2 Å². The van der Waals surface area contributed by atoms with Crippen LogP contribution in [0, 0.1) is 0 Å². The third kappa shape index (κ3) is 3.02. The molecule has 1 amide bonds. The minimum atomic E-state index is -0.492. The lowest BCUT2D eigenvalue weighted by Gasteiger charge is -2.36. The Bertz CT molecular complexity index is 607. The first-order valence-corrected chi connectivity index (χ1v) is 7.63. The van der Waals surface area contributed by atoms with Gasteiger partial charge < -0.3 is 10.1 Å². The van der Waals surface area contributed by atoms with Crippen LogP contribution in [0.3, 0.4) is 0 Å². The summed E-state index contributed by atoms with van der Waals surface area (Å²) in [7, 11) is 0. The molecule has 114 valence electrons. The molecule has 0 spiro atoms. The number of pyridine rings is 1. The minimum absolute atomic E-state index is 0.0626. The predicted octanol–water partition coefficient (Wildman–Crippen LogP) is 2.45. The zero-order chi connectivity index (χ0) is 15.3. The van der Waals surface area contributed by atoms with Gasteiger partial charge >= 0.3 is 0 Å². The zero-order valence-corrected chi connectivity index (χ0v) is 12.5. The van der Waals surface area contributed by atoms with Crippen molar-refractivity contribution in [2.24, 2.45) is 0 Å². The predicted molar refractivity (Wildman–Crippen MR) is 84.3 cm³/mol. The van der Waals surface area contributed by atoms with Gasteiger partial charge in [-0.3, -0.25) is 9.78 Å². The molecule has 2 heterocycles. The highest BCUT2D eigenvalue weighted by atomic mass is 16.5. The third-order valence-electron chi connectivity index (χ3n) is 4.26. The minimum Gasteiger partial charge on any atom is -0.381 e. The van der Waals surface area contributed by atoms with E-state index in [1.165, 1.54) is 0 Å². The van der Waals surface area contributed by atoms with Crippen molar-refractivity contribution in [3.05, 3.63) is 66.0 Å². The van der Waals surface area contributed by atoms with E-state index < -0.39 is 5.41 Å². The number of benzene rings is 1. The highest BCUT2D eigenvalue weighted by molar-refractivity contribution is 5.88. The maximum atomic E-state index is 12.9. The fourth-order valence-electron chi connectivity index (χ4n) is 2.97. The molecular weight excluding hydrogens is 276 g/mol. The average molecular weight is 296 g/mol. The van der Waals surface area contributed by atoms with Crippen molar-refractivity contribution in [3.63, 3.8) is 0 Å². The Labute approximate surface area is 130 Å². The molecule has 1 aromatic carbocycles. The van der Waals surface area contributed by atoms with Gasteiger partial charge in [0.05, 0.1) is 17.7 Å². The number of nitrogens with one attached hydrogen (secondary N) is 1. The van der Waals surface area contributed by atoms with Gasteiger partial charge in [-0.2, -0.15) is 0 Å². The molecule has 0 saturated carbocycles. The molecule has 0 radical (unpaired) electrons. The molecule has 1 aliphatic heterocycles. The quantitative estimate of drug-likeness (QED) is 0.943. The molecule has 0 unspecified atom stereocenters. The first-order chi connectivity index (χ1) is 10.8. The van der Waals surface area contributed by atoms with Gasteiger partial charge in [0.1, 0.15) is 0 Å². The van der Waals surface area contributed by atoms with Crippen LogP contribution < -0.4 is 5.32 Å². The Morgan fingerprint density at radius 2 is 1.82 bits per heavy atom. The van der Waals surface area contributed by atoms with E-state index in [9.17, 15) is 4.79 Å². The van der Waals surface area contributed by atoms with E-state index in [0.29, 0.717) is 32.6 Å². The van der Waals surface area contributed by atoms with Crippen LogP contribution in [0.2, 0.25) is 0 Å². The lowest BCUT2D eigenvalue weighted by molar-refractivity contribution is -0.130. The van der Waals surface area contributed by atoms with Crippen LogP contribution in [-0.4, -0.2) is 24.1 Å². The standard InChI is InChI=1S/C18H20N2O2/c21-17(20-14-16-8-4-5-11-19-16)18(9-12-22-13-10-18)15-6-2-1-3-7-15/h1-8,11H,9-10,12-14H2,(H,20,21). The van der Waals surface area contributed by atoms with Gasteiger partial charge in [0.15, 0.2) is 0 Å². The first kappa shape index (κ1) is 14.7. The number of hydrogen-bond donors (Lipinski definition) is 1. The van der Waals surface area contributed by atoms with Crippen molar-refractivity contribution in [1.29, 1.82) is 0 Å². The molecule has 1 fully saturated rings. The molecule has 1 N–H and O–H groups in total. The van der Waals surface area contributed by atoms with Crippen LogP contribution in [0.4, 0.5) is 0 Å². The molecule has 1 aromatic heterocycles. The number of aromatic nitrogens is 1. The molecular formula is C18H20N2O2. The number of rotatable bonds is 4. The zero-order valence-electron chi connectivity index (χ0n) is 12.5. The smallest absolute Gasteiger partial charge is 0.231 e. The van der Waals surface area contributed by atoms with E-state index in [2.05, 4.69) is 10.3 Å². The first-order valence-electron chi connectivity index (χ1n) is 7.63.